The predicted octanol–water partition coefficient (Wildman–Crippen LogP) is 6.63. The quantitative estimate of drug-likeness (QED) is 0.487. The van der Waals surface area contributed by atoms with Crippen LogP contribution in [0.1, 0.15) is 38.2 Å². The van der Waals surface area contributed by atoms with Crippen LogP contribution in [0.3, 0.4) is 0 Å². The Balaban J connectivity index is 1.72. The Kier molecular flexibility index (Phi) is 6.02. The predicted molar refractivity (Wildman–Crippen MR) is 122 cm³/mol. The Morgan fingerprint density at radius 2 is 1.89 bits per heavy atom. The van der Waals surface area contributed by atoms with Gasteiger partial charge in [0.25, 0.3) is 5.91 Å². The lowest BCUT2D eigenvalue weighted by Crippen LogP contribution is -2.44. The molecule has 0 spiro atoms. The largest absolute Gasteiger partial charge is 0.283 e. The molecule has 1 aliphatic heterocycles. The number of aliphatic imine (C=N–C) groups is 1. The third-order valence-corrected chi connectivity index (χ3v) is 6.84. The highest BCUT2D eigenvalue weighted by molar-refractivity contribution is 9.10. The minimum Gasteiger partial charge on any atom is -0.283 e. The minimum atomic E-state index is 0.0819. The number of nitrogens with zero attached hydrogens (tertiary/aromatic N) is 2. The number of amidine groups is 1. The number of rotatable bonds is 3. The van der Waals surface area contributed by atoms with E-state index in [1.54, 1.807) is 0 Å². The second-order valence-corrected chi connectivity index (χ2v) is 9.32. The lowest BCUT2D eigenvalue weighted by molar-refractivity contribution is -0.124. The zero-order valence-electron chi connectivity index (χ0n) is 15.8. The van der Waals surface area contributed by atoms with Crippen LogP contribution >= 0.6 is 27.7 Å². The highest BCUT2D eigenvalue weighted by atomic mass is 79.9. The second kappa shape index (κ2) is 8.66. The summed E-state index contributed by atoms with van der Waals surface area (Å²) in [6.45, 7) is 2.26. The van der Waals surface area contributed by atoms with E-state index in [4.69, 9.17) is 4.99 Å². The third kappa shape index (κ3) is 4.26. The number of benzene rings is 2. The Morgan fingerprint density at radius 3 is 2.64 bits per heavy atom. The van der Waals surface area contributed by atoms with Gasteiger partial charge in [-0.2, -0.15) is 0 Å². The molecule has 2 atom stereocenters. The molecule has 1 heterocycles. The van der Waals surface area contributed by atoms with Crippen molar-refractivity contribution in [1.29, 1.82) is 0 Å². The molecule has 2 aromatic carbocycles. The maximum absolute atomic E-state index is 13.4. The molecular formula is C23H23BrN2OS. The normalized spacial score (nSPS) is 25.6. The summed E-state index contributed by atoms with van der Waals surface area (Å²) in [5.41, 5.74) is 1.90. The number of thioether (sulfide) groups is 1. The zero-order chi connectivity index (χ0) is 19.5. The molecule has 2 aliphatic rings. The Bertz CT molecular complexity index is 925. The van der Waals surface area contributed by atoms with E-state index in [0.29, 0.717) is 5.92 Å². The molecule has 1 saturated carbocycles. The van der Waals surface area contributed by atoms with Crippen molar-refractivity contribution in [3.05, 3.63) is 69.5 Å². The van der Waals surface area contributed by atoms with Gasteiger partial charge in [0.1, 0.15) is 0 Å². The number of carbonyl (C=O) groups is 1. The smallest absolute Gasteiger partial charge is 0.267 e. The standard InChI is InChI=1S/C23H23BrN2OS/c1-16-8-5-6-13-20(16)26-22(27)21(15-17-9-7-10-18(24)14-17)28-23(26)25-19-11-3-2-4-12-19/h2-4,7,9-12,14-16,20H,5-6,8,13H2,1H3/b21-15-,25-23?/t16-,20-/m0/s1. The van der Waals surface area contributed by atoms with Crippen LogP contribution in [0.2, 0.25) is 0 Å². The van der Waals surface area contributed by atoms with Crippen molar-refractivity contribution < 1.29 is 4.79 Å². The molecule has 1 aliphatic carbocycles. The van der Waals surface area contributed by atoms with Gasteiger partial charge < -0.3 is 0 Å². The topological polar surface area (TPSA) is 32.7 Å². The molecule has 5 heteroatoms. The number of halogens is 1. The zero-order valence-corrected chi connectivity index (χ0v) is 18.2. The van der Waals surface area contributed by atoms with Crippen LogP contribution in [0.15, 0.2) is 69.0 Å². The summed E-state index contributed by atoms with van der Waals surface area (Å²) < 4.78 is 1.01. The average molecular weight is 455 g/mol. The summed E-state index contributed by atoms with van der Waals surface area (Å²) in [5.74, 6) is 0.572. The van der Waals surface area contributed by atoms with Crippen molar-refractivity contribution in [2.24, 2.45) is 10.9 Å². The molecule has 0 bridgehead atoms. The van der Waals surface area contributed by atoms with Gasteiger partial charge in [-0.25, -0.2) is 4.99 Å². The first-order chi connectivity index (χ1) is 13.6. The van der Waals surface area contributed by atoms with Crippen LogP contribution in [-0.2, 0) is 4.79 Å². The van der Waals surface area contributed by atoms with E-state index in [2.05, 4.69) is 22.9 Å². The Labute approximate surface area is 179 Å². The number of amides is 1. The first kappa shape index (κ1) is 19.5. The molecule has 1 amide bonds. The highest BCUT2D eigenvalue weighted by Crippen LogP contribution is 2.40. The summed E-state index contributed by atoms with van der Waals surface area (Å²) in [4.78, 5) is 20.9. The number of para-hydroxylation sites is 1. The van der Waals surface area contributed by atoms with E-state index in [1.165, 1.54) is 31.0 Å². The second-order valence-electron chi connectivity index (χ2n) is 7.40. The summed E-state index contributed by atoms with van der Waals surface area (Å²) in [5, 5.41) is 0.802. The van der Waals surface area contributed by atoms with Crippen molar-refractivity contribution >= 4 is 50.5 Å². The van der Waals surface area contributed by atoms with Gasteiger partial charge >= 0.3 is 0 Å². The number of carbonyl (C=O) groups excluding carboxylic acids is 1. The monoisotopic (exact) mass is 454 g/mol. The van der Waals surface area contributed by atoms with Crippen molar-refractivity contribution in [2.45, 2.75) is 38.6 Å². The van der Waals surface area contributed by atoms with Gasteiger partial charge in [0.15, 0.2) is 5.17 Å². The van der Waals surface area contributed by atoms with Gasteiger partial charge in [0.2, 0.25) is 0 Å². The van der Waals surface area contributed by atoms with Crippen LogP contribution in [0.4, 0.5) is 5.69 Å². The van der Waals surface area contributed by atoms with Gasteiger partial charge in [-0.15, -0.1) is 0 Å². The van der Waals surface area contributed by atoms with Crippen LogP contribution in [-0.4, -0.2) is 22.0 Å². The summed E-state index contributed by atoms with van der Waals surface area (Å²) >= 11 is 5.00. The van der Waals surface area contributed by atoms with E-state index in [9.17, 15) is 4.79 Å². The van der Waals surface area contributed by atoms with Gasteiger partial charge in [0.05, 0.1) is 10.6 Å². The van der Waals surface area contributed by atoms with Gasteiger partial charge in [-0.3, -0.25) is 9.69 Å². The molecule has 0 radical (unpaired) electrons. The third-order valence-electron chi connectivity index (χ3n) is 5.36. The summed E-state index contributed by atoms with van der Waals surface area (Å²) in [6.07, 6.45) is 6.62. The van der Waals surface area contributed by atoms with E-state index < -0.39 is 0 Å². The fourth-order valence-electron chi connectivity index (χ4n) is 3.90. The number of hydrogen-bond acceptors (Lipinski definition) is 3. The van der Waals surface area contributed by atoms with Gasteiger partial charge in [0, 0.05) is 10.5 Å². The van der Waals surface area contributed by atoms with E-state index >= 15 is 0 Å². The molecule has 144 valence electrons. The summed E-state index contributed by atoms with van der Waals surface area (Å²) in [6, 6.07) is 18.2. The molecule has 2 fully saturated rings. The molecule has 1 saturated heterocycles. The first-order valence-corrected chi connectivity index (χ1v) is 11.4. The van der Waals surface area contributed by atoms with Crippen LogP contribution in [0, 0.1) is 5.92 Å². The van der Waals surface area contributed by atoms with Crippen molar-refractivity contribution in [2.75, 3.05) is 0 Å². The van der Waals surface area contributed by atoms with Gasteiger partial charge in [-0.05, 0) is 66.4 Å². The first-order valence-electron chi connectivity index (χ1n) is 9.74. The molecule has 0 N–H and O–H groups in total. The highest BCUT2D eigenvalue weighted by Gasteiger charge is 2.41. The fourth-order valence-corrected chi connectivity index (χ4v) is 5.36. The fraction of sp³-hybridized carbons (Fsp3) is 0.304. The molecule has 4 rings (SSSR count). The van der Waals surface area contributed by atoms with E-state index in [1.807, 2.05) is 65.6 Å². The van der Waals surface area contributed by atoms with Crippen molar-refractivity contribution in [3.63, 3.8) is 0 Å². The maximum atomic E-state index is 13.4. The van der Waals surface area contributed by atoms with Crippen LogP contribution in [0.25, 0.3) is 6.08 Å². The lowest BCUT2D eigenvalue weighted by Gasteiger charge is -2.35. The van der Waals surface area contributed by atoms with E-state index in [-0.39, 0.29) is 11.9 Å². The molecule has 0 unspecified atom stereocenters. The Hall–Kier alpha value is -1.85. The van der Waals surface area contributed by atoms with Crippen LogP contribution in [0.5, 0.6) is 0 Å². The molecule has 3 nitrogen and oxygen atoms in total. The Morgan fingerprint density at radius 1 is 1.11 bits per heavy atom. The minimum absolute atomic E-state index is 0.0819. The summed E-state index contributed by atoms with van der Waals surface area (Å²) in [7, 11) is 0. The number of hydrogen-bond donors (Lipinski definition) is 0. The molecule has 2 aromatic rings. The molecule has 28 heavy (non-hydrogen) atoms. The SMILES string of the molecule is C[C@H]1CCCC[C@@H]1N1C(=O)/C(=C/c2cccc(Br)c2)SC1=Nc1ccccc1. The van der Waals surface area contributed by atoms with Crippen LogP contribution < -0.4 is 0 Å². The van der Waals surface area contributed by atoms with E-state index in [0.717, 1.165) is 32.2 Å². The maximum Gasteiger partial charge on any atom is 0.267 e. The van der Waals surface area contributed by atoms with Gasteiger partial charge in [-0.1, -0.05) is 66.0 Å². The van der Waals surface area contributed by atoms with Crippen molar-refractivity contribution in [1.82, 2.24) is 4.90 Å². The molecular weight excluding hydrogens is 432 g/mol. The molecule has 0 aromatic heterocycles. The lowest BCUT2D eigenvalue weighted by atomic mass is 9.85. The van der Waals surface area contributed by atoms with Crippen molar-refractivity contribution in [3.8, 4) is 0 Å². The average Bonchev–Trinajstić information content (AvgIpc) is 2.98.